The molecule has 132 valence electrons. The Balaban J connectivity index is 1.60. The summed E-state index contributed by atoms with van der Waals surface area (Å²) in [5.41, 5.74) is 9.46. The smallest absolute Gasteiger partial charge is 0.237 e. The standard InChI is InChI=1S/C20H25N3O2/c1-14(23-20(24)19(21)18-8-12-25-13-9-18)15-2-4-16(5-3-15)17-6-10-22-11-7-17/h2-7,10-11,14,18-19H,8-9,12-13,21H2,1H3,(H,23,24). The Kier molecular flexibility index (Phi) is 5.79. The maximum atomic E-state index is 12.4. The Labute approximate surface area is 148 Å². The normalized spacial score (nSPS) is 17.7. The highest BCUT2D eigenvalue weighted by Gasteiger charge is 2.27. The second-order valence-electron chi connectivity index (χ2n) is 6.56. The van der Waals surface area contributed by atoms with Crippen LogP contribution in [0.5, 0.6) is 0 Å². The average molecular weight is 339 g/mol. The van der Waals surface area contributed by atoms with Crippen molar-refractivity contribution in [2.24, 2.45) is 11.7 Å². The molecule has 1 aromatic carbocycles. The molecule has 3 N–H and O–H groups in total. The van der Waals surface area contributed by atoms with Gasteiger partial charge in [-0.2, -0.15) is 0 Å². The molecule has 2 heterocycles. The van der Waals surface area contributed by atoms with Gasteiger partial charge in [0.15, 0.2) is 0 Å². The first-order valence-corrected chi connectivity index (χ1v) is 8.79. The van der Waals surface area contributed by atoms with Crippen LogP contribution in [0.3, 0.4) is 0 Å². The van der Waals surface area contributed by atoms with Gasteiger partial charge in [-0.15, -0.1) is 0 Å². The Morgan fingerprint density at radius 2 is 1.72 bits per heavy atom. The summed E-state index contributed by atoms with van der Waals surface area (Å²) in [6.07, 6.45) is 5.26. The van der Waals surface area contributed by atoms with Gasteiger partial charge in [0.2, 0.25) is 5.91 Å². The predicted octanol–water partition coefficient (Wildman–Crippen LogP) is 2.68. The molecule has 2 unspecified atom stereocenters. The lowest BCUT2D eigenvalue weighted by atomic mass is 9.91. The third-order valence-corrected chi connectivity index (χ3v) is 4.86. The number of nitrogens with zero attached hydrogens (tertiary/aromatic N) is 1. The van der Waals surface area contributed by atoms with E-state index in [9.17, 15) is 4.79 Å². The van der Waals surface area contributed by atoms with E-state index in [4.69, 9.17) is 10.5 Å². The molecule has 0 aliphatic carbocycles. The van der Waals surface area contributed by atoms with Gasteiger partial charge in [-0.05, 0) is 54.5 Å². The average Bonchev–Trinajstić information content (AvgIpc) is 2.68. The quantitative estimate of drug-likeness (QED) is 0.878. The largest absolute Gasteiger partial charge is 0.381 e. The number of nitrogens with one attached hydrogen (secondary N) is 1. The fraction of sp³-hybridized carbons (Fsp3) is 0.400. The Morgan fingerprint density at radius 1 is 1.12 bits per heavy atom. The Morgan fingerprint density at radius 3 is 2.36 bits per heavy atom. The number of hydrogen-bond donors (Lipinski definition) is 2. The first kappa shape index (κ1) is 17.6. The van der Waals surface area contributed by atoms with Gasteiger partial charge >= 0.3 is 0 Å². The molecule has 1 saturated heterocycles. The zero-order valence-electron chi connectivity index (χ0n) is 14.5. The van der Waals surface area contributed by atoms with Gasteiger partial charge in [0.05, 0.1) is 12.1 Å². The SMILES string of the molecule is CC(NC(=O)C(N)C1CCOCC1)c1ccc(-c2ccncc2)cc1. The minimum absolute atomic E-state index is 0.0788. The van der Waals surface area contributed by atoms with E-state index < -0.39 is 6.04 Å². The molecule has 2 atom stereocenters. The van der Waals surface area contributed by atoms with Crippen LogP contribution >= 0.6 is 0 Å². The molecule has 2 aromatic rings. The molecule has 25 heavy (non-hydrogen) atoms. The molecule has 1 aliphatic rings. The summed E-state index contributed by atoms with van der Waals surface area (Å²) in [5.74, 6) is 0.118. The summed E-state index contributed by atoms with van der Waals surface area (Å²) in [6, 6.07) is 11.6. The summed E-state index contributed by atoms with van der Waals surface area (Å²) in [6.45, 7) is 3.37. The lowest BCUT2D eigenvalue weighted by Gasteiger charge is -2.28. The third kappa shape index (κ3) is 4.44. The van der Waals surface area contributed by atoms with Crippen molar-refractivity contribution in [3.05, 3.63) is 54.4 Å². The number of nitrogens with two attached hydrogens (primary N) is 1. The molecule has 5 nitrogen and oxygen atoms in total. The topological polar surface area (TPSA) is 77.2 Å². The van der Waals surface area contributed by atoms with E-state index in [0.29, 0.717) is 13.2 Å². The maximum absolute atomic E-state index is 12.4. The van der Waals surface area contributed by atoms with E-state index in [2.05, 4.69) is 22.4 Å². The van der Waals surface area contributed by atoms with Crippen molar-refractivity contribution < 1.29 is 9.53 Å². The van der Waals surface area contributed by atoms with Crippen molar-refractivity contribution in [1.29, 1.82) is 0 Å². The van der Waals surface area contributed by atoms with Gasteiger partial charge in [-0.1, -0.05) is 24.3 Å². The fourth-order valence-corrected chi connectivity index (χ4v) is 3.19. The van der Waals surface area contributed by atoms with E-state index in [1.54, 1.807) is 12.4 Å². The van der Waals surface area contributed by atoms with E-state index >= 15 is 0 Å². The summed E-state index contributed by atoms with van der Waals surface area (Å²) >= 11 is 0. The monoisotopic (exact) mass is 339 g/mol. The predicted molar refractivity (Wildman–Crippen MR) is 97.7 cm³/mol. The van der Waals surface area contributed by atoms with Crippen molar-refractivity contribution in [2.45, 2.75) is 31.8 Å². The van der Waals surface area contributed by atoms with Crippen LogP contribution in [0.2, 0.25) is 0 Å². The van der Waals surface area contributed by atoms with Crippen LogP contribution in [-0.2, 0) is 9.53 Å². The summed E-state index contributed by atoms with van der Waals surface area (Å²) in [7, 11) is 0. The third-order valence-electron chi connectivity index (χ3n) is 4.86. The molecular weight excluding hydrogens is 314 g/mol. The fourth-order valence-electron chi connectivity index (χ4n) is 3.19. The maximum Gasteiger partial charge on any atom is 0.237 e. The molecular formula is C20H25N3O2. The van der Waals surface area contributed by atoms with E-state index in [-0.39, 0.29) is 17.9 Å². The second-order valence-corrected chi connectivity index (χ2v) is 6.56. The zero-order valence-corrected chi connectivity index (χ0v) is 14.5. The summed E-state index contributed by atoms with van der Waals surface area (Å²) < 4.78 is 5.34. The van der Waals surface area contributed by atoms with E-state index in [0.717, 1.165) is 29.5 Å². The van der Waals surface area contributed by atoms with Crippen LogP contribution in [0.1, 0.15) is 31.4 Å². The molecule has 1 aliphatic heterocycles. The van der Waals surface area contributed by atoms with Gasteiger partial charge in [-0.25, -0.2) is 0 Å². The first-order valence-electron chi connectivity index (χ1n) is 8.79. The van der Waals surface area contributed by atoms with E-state index in [1.165, 1.54) is 0 Å². The Hall–Kier alpha value is -2.24. The second kappa shape index (κ2) is 8.23. The van der Waals surface area contributed by atoms with Crippen LogP contribution in [0.4, 0.5) is 0 Å². The number of benzene rings is 1. The summed E-state index contributed by atoms with van der Waals surface area (Å²) in [4.78, 5) is 16.5. The highest BCUT2D eigenvalue weighted by atomic mass is 16.5. The lowest BCUT2D eigenvalue weighted by molar-refractivity contribution is -0.125. The van der Waals surface area contributed by atoms with Gasteiger partial charge in [0.1, 0.15) is 0 Å². The molecule has 5 heteroatoms. The van der Waals surface area contributed by atoms with Gasteiger partial charge in [0.25, 0.3) is 0 Å². The zero-order chi connectivity index (χ0) is 17.6. The van der Waals surface area contributed by atoms with Crippen molar-refractivity contribution in [3.63, 3.8) is 0 Å². The minimum Gasteiger partial charge on any atom is -0.381 e. The molecule has 1 amide bonds. The van der Waals surface area contributed by atoms with Crippen molar-refractivity contribution in [2.75, 3.05) is 13.2 Å². The number of pyridine rings is 1. The minimum atomic E-state index is -0.470. The van der Waals surface area contributed by atoms with Crippen LogP contribution in [-0.4, -0.2) is 30.1 Å². The van der Waals surface area contributed by atoms with Gasteiger partial charge < -0.3 is 15.8 Å². The van der Waals surface area contributed by atoms with Crippen molar-refractivity contribution in [3.8, 4) is 11.1 Å². The highest BCUT2D eigenvalue weighted by Crippen LogP contribution is 2.22. The van der Waals surface area contributed by atoms with Crippen LogP contribution in [0, 0.1) is 5.92 Å². The van der Waals surface area contributed by atoms with E-state index in [1.807, 2.05) is 31.2 Å². The number of aromatic nitrogens is 1. The molecule has 0 radical (unpaired) electrons. The van der Waals surface area contributed by atoms with Crippen LogP contribution < -0.4 is 11.1 Å². The van der Waals surface area contributed by atoms with Gasteiger partial charge in [0, 0.05) is 25.6 Å². The molecule has 3 rings (SSSR count). The number of carbonyl (C=O) groups is 1. The number of rotatable bonds is 5. The molecule has 0 spiro atoms. The first-order chi connectivity index (χ1) is 12.1. The van der Waals surface area contributed by atoms with Crippen molar-refractivity contribution in [1.82, 2.24) is 10.3 Å². The number of ether oxygens (including phenoxy) is 1. The molecule has 1 fully saturated rings. The number of amides is 1. The molecule has 0 bridgehead atoms. The van der Waals surface area contributed by atoms with Crippen molar-refractivity contribution >= 4 is 5.91 Å². The summed E-state index contributed by atoms with van der Waals surface area (Å²) in [5, 5.41) is 3.04. The van der Waals surface area contributed by atoms with Crippen LogP contribution in [0.25, 0.3) is 11.1 Å². The molecule has 1 aromatic heterocycles. The Bertz CT molecular complexity index is 682. The lowest BCUT2D eigenvalue weighted by Crippen LogP contribution is -2.47. The number of hydrogen-bond acceptors (Lipinski definition) is 4. The number of carbonyl (C=O) groups excluding carboxylic acids is 1. The van der Waals surface area contributed by atoms with Gasteiger partial charge in [-0.3, -0.25) is 9.78 Å². The molecule has 0 saturated carbocycles. The highest BCUT2D eigenvalue weighted by molar-refractivity contribution is 5.82. The van der Waals surface area contributed by atoms with Crippen LogP contribution in [0.15, 0.2) is 48.8 Å².